The second-order valence-electron chi connectivity index (χ2n) is 6.80. The number of hydrogen-bond acceptors (Lipinski definition) is 4. The average molecular weight is 439 g/mol. The van der Waals surface area contributed by atoms with Gasteiger partial charge in [0.15, 0.2) is 11.1 Å². The number of halogens is 2. The third kappa shape index (κ3) is 4.11. The molecule has 0 aliphatic carbocycles. The van der Waals surface area contributed by atoms with Crippen LogP contribution in [0.4, 0.5) is 0 Å². The third-order valence-electron chi connectivity index (χ3n) is 4.63. The summed E-state index contributed by atoms with van der Waals surface area (Å²) < 4.78 is 11.2. The molecule has 1 aliphatic heterocycles. The average Bonchev–Trinajstić information content (AvgIpc) is 3.05. The maximum absolute atomic E-state index is 12.8. The second kappa shape index (κ2) is 8.34. The Morgan fingerprint density at radius 1 is 1.07 bits per heavy atom. The van der Waals surface area contributed by atoms with Crippen molar-refractivity contribution >= 4 is 41.0 Å². The van der Waals surface area contributed by atoms with Crippen LogP contribution in [0.25, 0.3) is 6.08 Å². The van der Waals surface area contributed by atoms with E-state index in [2.05, 4.69) is 0 Å². The number of fused-ring (bicyclic) bond motifs is 1. The quantitative estimate of drug-likeness (QED) is 0.212. The summed E-state index contributed by atoms with van der Waals surface area (Å²) in [5.74, 6) is -0.0380. The monoisotopic (exact) mass is 438 g/mol. The number of alkyl halides is 1. The lowest BCUT2D eigenvalue weighted by Crippen LogP contribution is -2.14. The van der Waals surface area contributed by atoms with Crippen molar-refractivity contribution in [3.63, 3.8) is 0 Å². The second-order valence-corrected chi connectivity index (χ2v) is 7.67. The van der Waals surface area contributed by atoms with Gasteiger partial charge in [-0.05, 0) is 47.9 Å². The van der Waals surface area contributed by atoms with Crippen molar-refractivity contribution in [1.29, 1.82) is 0 Å². The van der Waals surface area contributed by atoms with Crippen LogP contribution in [0.5, 0.6) is 11.5 Å². The Labute approximate surface area is 183 Å². The van der Waals surface area contributed by atoms with Crippen LogP contribution in [0.2, 0.25) is 5.02 Å². The van der Waals surface area contributed by atoms with E-state index in [9.17, 15) is 9.59 Å². The Bertz CT molecular complexity index is 1150. The first kappa shape index (κ1) is 20.2. The number of ketones is 1. The molecule has 6 heteroatoms. The molecule has 3 aromatic carbocycles. The van der Waals surface area contributed by atoms with Gasteiger partial charge < -0.3 is 9.47 Å². The van der Waals surface area contributed by atoms with Gasteiger partial charge in [-0.3, -0.25) is 4.79 Å². The van der Waals surface area contributed by atoms with E-state index in [0.29, 0.717) is 27.5 Å². The van der Waals surface area contributed by atoms with E-state index >= 15 is 0 Å². The maximum atomic E-state index is 12.8. The molecule has 0 fully saturated rings. The van der Waals surface area contributed by atoms with Crippen molar-refractivity contribution in [1.82, 2.24) is 0 Å². The lowest BCUT2D eigenvalue weighted by molar-refractivity contribution is -0.134. The molecule has 150 valence electrons. The highest BCUT2D eigenvalue weighted by atomic mass is 35.5. The van der Waals surface area contributed by atoms with Crippen LogP contribution in [0.3, 0.4) is 0 Å². The van der Waals surface area contributed by atoms with Gasteiger partial charge in [-0.1, -0.05) is 54.1 Å². The normalized spacial score (nSPS) is 14.9. The van der Waals surface area contributed by atoms with Crippen LogP contribution in [-0.4, -0.2) is 11.8 Å². The van der Waals surface area contributed by atoms with E-state index in [4.69, 9.17) is 32.7 Å². The predicted octanol–water partition coefficient (Wildman–Crippen LogP) is 6.15. The van der Waals surface area contributed by atoms with Crippen molar-refractivity contribution in [3.8, 4) is 11.5 Å². The number of ether oxygens (including phenoxy) is 2. The summed E-state index contributed by atoms with van der Waals surface area (Å²) in [7, 11) is 0. The van der Waals surface area contributed by atoms with Gasteiger partial charge >= 0.3 is 5.97 Å². The largest absolute Gasteiger partial charge is 0.452 e. The minimum atomic E-state index is -0.942. The lowest BCUT2D eigenvalue weighted by Gasteiger charge is -2.11. The molecule has 0 amide bonds. The maximum Gasteiger partial charge on any atom is 0.334 e. The van der Waals surface area contributed by atoms with Gasteiger partial charge in [-0.15, -0.1) is 11.6 Å². The summed E-state index contributed by atoms with van der Waals surface area (Å²) in [6.07, 6.45) is 1.65. The molecule has 0 aromatic heterocycles. The standard InChI is InChI=1S/C24H16Cl2O4/c1-14-11-18(29-24(28)22(26)16-5-3-2-4-6-16)13-19-21(14)23(27)20(30-19)12-15-7-9-17(25)10-8-15/h2-13,22H,1H3/b20-12-. The van der Waals surface area contributed by atoms with Crippen LogP contribution in [0.1, 0.15) is 32.4 Å². The fourth-order valence-corrected chi connectivity index (χ4v) is 3.49. The third-order valence-corrected chi connectivity index (χ3v) is 5.31. The van der Waals surface area contributed by atoms with Gasteiger partial charge in [-0.2, -0.15) is 0 Å². The number of rotatable bonds is 4. The van der Waals surface area contributed by atoms with Gasteiger partial charge in [-0.25, -0.2) is 4.79 Å². The summed E-state index contributed by atoms with van der Waals surface area (Å²) >= 11 is 12.1. The van der Waals surface area contributed by atoms with Crippen molar-refractivity contribution < 1.29 is 19.1 Å². The number of Topliss-reactive ketones (excluding diaryl/α,β-unsaturated/α-hetero) is 1. The Morgan fingerprint density at radius 3 is 2.47 bits per heavy atom. The van der Waals surface area contributed by atoms with Crippen molar-refractivity contribution in [2.24, 2.45) is 0 Å². The zero-order chi connectivity index (χ0) is 21.3. The Kier molecular flexibility index (Phi) is 5.62. The number of carbonyl (C=O) groups excluding carboxylic acids is 2. The summed E-state index contributed by atoms with van der Waals surface area (Å²) in [5, 5.41) is -0.336. The molecule has 0 spiro atoms. The first-order valence-corrected chi connectivity index (χ1v) is 9.99. The molecule has 0 radical (unpaired) electrons. The van der Waals surface area contributed by atoms with E-state index in [1.54, 1.807) is 67.6 Å². The molecule has 0 bridgehead atoms. The number of aryl methyl sites for hydroxylation is 1. The molecule has 1 unspecified atom stereocenters. The smallest absolute Gasteiger partial charge is 0.334 e. The molecule has 4 rings (SSSR count). The number of allylic oxidation sites excluding steroid dienone is 1. The summed E-state index contributed by atoms with van der Waals surface area (Å²) in [5.41, 5.74) is 2.51. The molecule has 1 heterocycles. The molecule has 3 aromatic rings. The molecule has 1 aliphatic rings. The van der Waals surface area contributed by atoms with Crippen LogP contribution < -0.4 is 9.47 Å². The van der Waals surface area contributed by atoms with E-state index < -0.39 is 11.3 Å². The van der Waals surface area contributed by atoms with E-state index in [1.165, 1.54) is 6.07 Å². The highest BCUT2D eigenvalue weighted by Gasteiger charge is 2.30. The highest BCUT2D eigenvalue weighted by Crippen LogP contribution is 2.38. The topological polar surface area (TPSA) is 52.6 Å². The van der Waals surface area contributed by atoms with Gasteiger partial charge in [0.25, 0.3) is 0 Å². The minimum absolute atomic E-state index is 0.193. The molecule has 4 nitrogen and oxygen atoms in total. The van der Waals surface area contributed by atoms with Crippen molar-refractivity contribution in [2.75, 3.05) is 0 Å². The van der Waals surface area contributed by atoms with E-state index in [1.807, 2.05) is 6.07 Å². The fourth-order valence-electron chi connectivity index (χ4n) is 3.17. The highest BCUT2D eigenvalue weighted by molar-refractivity contribution is 6.30. The molecule has 0 saturated heterocycles. The first-order chi connectivity index (χ1) is 14.4. The molecular formula is C24H16Cl2O4. The Morgan fingerprint density at radius 2 is 1.77 bits per heavy atom. The Hall–Kier alpha value is -3.08. The summed E-state index contributed by atoms with van der Waals surface area (Å²) in [6, 6.07) is 19.1. The molecule has 30 heavy (non-hydrogen) atoms. The summed E-state index contributed by atoms with van der Waals surface area (Å²) in [4.78, 5) is 25.2. The van der Waals surface area contributed by atoms with Gasteiger partial charge in [0.1, 0.15) is 11.5 Å². The van der Waals surface area contributed by atoms with Crippen LogP contribution >= 0.6 is 23.2 Å². The molecule has 0 N–H and O–H groups in total. The predicted molar refractivity (Wildman–Crippen MR) is 116 cm³/mol. The summed E-state index contributed by atoms with van der Waals surface area (Å²) in [6.45, 7) is 1.76. The van der Waals surface area contributed by atoms with Gasteiger partial charge in [0.05, 0.1) is 5.56 Å². The molecular weight excluding hydrogens is 423 g/mol. The van der Waals surface area contributed by atoms with Crippen molar-refractivity contribution in [3.05, 3.63) is 99.8 Å². The molecule has 1 atom stereocenters. The van der Waals surface area contributed by atoms with Crippen LogP contribution in [0, 0.1) is 6.92 Å². The first-order valence-electron chi connectivity index (χ1n) is 9.17. The zero-order valence-electron chi connectivity index (χ0n) is 15.9. The lowest BCUT2D eigenvalue weighted by atomic mass is 10.0. The van der Waals surface area contributed by atoms with E-state index in [-0.39, 0.29) is 17.3 Å². The minimum Gasteiger partial charge on any atom is -0.452 e. The van der Waals surface area contributed by atoms with Gasteiger partial charge in [0.2, 0.25) is 5.78 Å². The Balaban J connectivity index is 1.57. The molecule has 0 saturated carbocycles. The number of carbonyl (C=O) groups is 2. The zero-order valence-corrected chi connectivity index (χ0v) is 17.4. The number of esters is 1. The SMILES string of the molecule is Cc1cc(OC(=O)C(Cl)c2ccccc2)cc2c1C(=O)/C(=C/c1ccc(Cl)cc1)O2. The fraction of sp³-hybridized carbons (Fsp3) is 0.0833. The van der Waals surface area contributed by atoms with Crippen molar-refractivity contribution in [2.45, 2.75) is 12.3 Å². The van der Waals surface area contributed by atoms with E-state index in [0.717, 1.165) is 5.56 Å². The van der Waals surface area contributed by atoms with Gasteiger partial charge in [0, 0.05) is 11.1 Å². The van der Waals surface area contributed by atoms with Crippen LogP contribution in [-0.2, 0) is 4.79 Å². The van der Waals surface area contributed by atoms with Crippen LogP contribution in [0.15, 0.2) is 72.5 Å². The number of benzene rings is 3. The number of hydrogen-bond donors (Lipinski definition) is 0.